The van der Waals surface area contributed by atoms with Gasteiger partial charge in [0, 0.05) is 18.7 Å². The van der Waals surface area contributed by atoms with Gasteiger partial charge in [0.15, 0.2) is 6.29 Å². The maximum Gasteiger partial charge on any atom is 0.341 e. The second-order valence-electron chi connectivity index (χ2n) is 3.44. The summed E-state index contributed by atoms with van der Waals surface area (Å²) in [5.74, 6) is -0.383. The molecular formula is C12H13NO5. The Morgan fingerprint density at radius 2 is 1.94 bits per heavy atom. The van der Waals surface area contributed by atoms with Gasteiger partial charge in [-0.15, -0.1) is 0 Å². The van der Waals surface area contributed by atoms with Crippen LogP contribution in [0.1, 0.15) is 20.7 Å². The number of aldehydes is 1. The molecule has 96 valence electrons. The number of anilines is 1. The highest BCUT2D eigenvalue weighted by Crippen LogP contribution is 2.28. The Kier molecular flexibility index (Phi) is 4.42. The minimum atomic E-state index is -0.616. The van der Waals surface area contributed by atoms with Gasteiger partial charge in [0.2, 0.25) is 6.41 Å². The van der Waals surface area contributed by atoms with Crippen LogP contribution in [0.2, 0.25) is 0 Å². The van der Waals surface area contributed by atoms with E-state index in [1.165, 1.54) is 38.3 Å². The first kappa shape index (κ1) is 13.7. The number of nitrogens with zero attached hydrogens (tertiary/aromatic N) is 1. The lowest BCUT2D eigenvalue weighted by atomic mass is 10.1. The molecule has 0 aliphatic heterocycles. The van der Waals surface area contributed by atoms with Crippen LogP contribution >= 0.6 is 0 Å². The van der Waals surface area contributed by atoms with Crippen molar-refractivity contribution in [2.75, 3.05) is 26.2 Å². The van der Waals surface area contributed by atoms with E-state index in [0.717, 1.165) is 0 Å². The summed E-state index contributed by atoms with van der Waals surface area (Å²) in [6.45, 7) is 0. The van der Waals surface area contributed by atoms with E-state index in [-0.39, 0.29) is 16.9 Å². The molecule has 6 heteroatoms. The van der Waals surface area contributed by atoms with Crippen molar-refractivity contribution in [2.45, 2.75) is 0 Å². The average molecular weight is 251 g/mol. The Morgan fingerprint density at radius 1 is 1.28 bits per heavy atom. The van der Waals surface area contributed by atoms with Crippen molar-refractivity contribution in [3.63, 3.8) is 0 Å². The highest BCUT2D eigenvalue weighted by atomic mass is 16.5. The van der Waals surface area contributed by atoms with E-state index in [4.69, 9.17) is 4.74 Å². The topological polar surface area (TPSA) is 72.9 Å². The summed E-state index contributed by atoms with van der Waals surface area (Å²) in [7, 11) is 4.10. The van der Waals surface area contributed by atoms with Crippen LogP contribution in [0, 0.1) is 0 Å². The van der Waals surface area contributed by atoms with Crippen molar-refractivity contribution < 1.29 is 23.9 Å². The third-order valence-corrected chi connectivity index (χ3v) is 2.42. The fourth-order valence-electron chi connectivity index (χ4n) is 1.48. The highest BCUT2D eigenvalue weighted by molar-refractivity contribution is 5.98. The molecule has 0 fully saturated rings. The third-order valence-electron chi connectivity index (χ3n) is 2.42. The van der Waals surface area contributed by atoms with Gasteiger partial charge in [-0.1, -0.05) is 0 Å². The van der Waals surface area contributed by atoms with Gasteiger partial charge < -0.3 is 14.4 Å². The smallest absolute Gasteiger partial charge is 0.341 e. The summed E-state index contributed by atoms with van der Waals surface area (Å²) in [6, 6.07) is 2.76. The van der Waals surface area contributed by atoms with Gasteiger partial charge in [-0.05, 0) is 6.07 Å². The number of hydrogen-bond acceptors (Lipinski definition) is 5. The van der Waals surface area contributed by atoms with Gasteiger partial charge in [0.1, 0.15) is 11.3 Å². The van der Waals surface area contributed by atoms with Gasteiger partial charge in [-0.2, -0.15) is 0 Å². The molecule has 1 aromatic carbocycles. The van der Waals surface area contributed by atoms with Crippen molar-refractivity contribution in [1.29, 1.82) is 0 Å². The molecule has 1 aromatic rings. The molecule has 6 nitrogen and oxygen atoms in total. The molecule has 0 unspecified atom stereocenters. The molecule has 0 radical (unpaired) electrons. The van der Waals surface area contributed by atoms with Crippen molar-refractivity contribution in [2.24, 2.45) is 0 Å². The Labute approximate surface area is 104 Å². The lowest BCUT2D eigenvalue weighted by molar-refractivity contribution is -0.107. The normalized spacial score (nSPS) is 9.50. The molecule has 0 aliphatic carbocycles. The molecular weight excluding hydrogens is 238 g/mol. The zero-order chi connectivity index (χ0) is 13.7. The molecule has 0 bridgehead atoms. The predicted octanol–water partition coefficient (Wildman–Crippen LogP) is 0.887. The van der Waals surface area contributed by atoms with Gasteiger partial charge >= 0.3 is 5.97 Å². The monoisotopic (exact) mass is 251 g/mol. The van der Waals surface area contributed by atoms with Crippen LogP contribution in [0.3, 0.4) is 0 Å². The number of methoxy groups -OCH3 is 2. The van der Waals surface area contributed by atoms with Gasteiger partial charge in [0.25, 0.3) is 0 Å². The summed E-state index contributed by atoms with van der Waals surface area (Å²) in [5.41, 5.74) is 0.681. The van der Waals surface area contributed by atoms with Crippen molar-refractivity contribution in [3.05, 3.63) is 23.3 Å². The summed E-state index contributed by atoms with van der Waals surface area (Å²) in [6.07, 6.45) is 1.11. The summed E-state index contributed by atoms with van der Waals surface area (Å²) in [4.78, 5) is 34.4. The lowest BCUT2D eigenvalue weighted by Crippen LogP contribution is -2.17. The average Bonchev–Trinajstić information content (AvgIpc) is 2.43. The van der Waals surface area contributed by atoms with Crippen LogP contribution < -0.4 is 9.64 Å². The molecule has 0 saturated carbocycles. The Bertz CT molecular complexity index is 484. The number of benzene rings is 1. The molecule has 1 rings (SSSR count). The number of carbonyl (C=O) groups excluding carboxylic acids is 3. The van der Waals surface area contributed by atoms with Gasteiger partial charge in [-0.25, -0.2) is 4.79 Å². The molecule has 0 heterocycles. The zero-order valence-corrected chi connectivity index (χ0v) is 10.3. The number of amides is 1. The maximum atomic E-state index is 11.5. The molecule has 18 heavy (non-hydrogen) atoms. The van der Waals surface area contributed by atoms with Crippen LogP contribution in [0.25, 0.3) is 0 Å². The van der Waals surface area contributed by atoms with Crippen molar-refractivity contribution >= 4 is 24.4 Å². The van der Waals surface area contributed by atoms with E-state index in [0.29, 0.717) is 18.4 Å². The second-order valence-corrected chi connectivity index (χ2v) is 3.44. The third kappa shape index (κ3) is 2.48. The summed E-state index contributed by atoms with van der Waals surface area (Å²) >= 11 is 0. The lowest BCUT2D eigenvalue weighted by Gasteiger charge is -2.16. The molecule has 0 atom stereocenters. The van der Waals surface area contributed by atoms with Crippen molar-refractivity contribution in [1.82, 2.24) is 0 Å². The Balaban J connectivity index is 3.45. The predicted molar refractivity (Wildman–Crippen MR) is 64.2 cm³/mol. The van der Waals surface area contributed by atoms with E-state index in [2.05, 4.69) is 4.74 Å². The molecule has 0 saturated heterocycles. The van der Waals surface area contributed by atoms with Crippen LogP contribution in [-0.2, 0) is 9.53 Å². The minimum absolute atomic E-state index is 0.130. The highest BCUT2D eigenvalue weighted by Gasteiger charge is 2.18. The van der Waals surface area contributed by atoms with E-state index < -0.39 is 5.97 Å². The molecule has 1 amide bonds. The number of ether oxygens (including phenoxy) is 2. The zero-order valence-electron chi connectivity index (χ0n) is 10.3. The molecule has 0 aromatic heterocycles. The first-order chi connectivity index (χ1) is 8.58. The number of carbonyl (C=O) groups is 3. The van der Waals surface area contributed by atoms with E-state index in [1.54, 1.807) is 0 Å². The summed E-state index contributed by atoms with van der Waals surface area (Å²) < 4.78 is 9.63. The van der Waals surface area contributed by atoms with Gasteiger partial charge in [-0.3, -0.25) is 9.59 Å². The van der Waals surface area contributed by atoms with Crippen LogP contribution in [0.5, 0.6) is 5.75 Å². The quantitative estimate of drug-likeness (QED) is 0.574. The van der Waals surface area contributed by atoms with E-state index >= 15 is 0 Å². The maximum absolute atomic E-state index is 11.5. The van der Waals surface area contributed by atoms with Gasteiger partial charge in [0.05, 0.1) is 19.9 Å². The van der Waals surface area contributed by atoms with E-state index in [9.17, 15) is 14.4 Å². The summed E-state index contributed by atoms with van der Waals surface area (Å²) in [5, 5.41) is 0. The Hall–Kier alpha value is -2.37. The number of esters is 1. The number of hydrogen-bond donors (Lipinski definition) is 0. The Morgan fingerprint density at radius 3 is 2.39 bits per heavy atom. The minimum Gasteiger partial charge on any atom is -0.496 e. The van der Waals surface area contributed by atoms with Crippen molar-refractivity contribution in [3.8, 4) is 5.75 Å². The number of rotatable bonds is 5. The molecule has 0 N–H and O–H groups in total. The first-order valence-electron chi connectivity index (χ1n) is 5.02. The van der Waals surface area contributed by atoms with Crippen LogP contribution in [0.15, 0.2) is 12.1 Å². The largest absolute Gasteiger partial charge is 0.496 e. The fourth-order valence-corrected chi connectivity index (χ4v) is 1.48. The van der Waals surface area contributed by atoms with Crippen LogP contribution in [-0.4, -0.2) is 39.9 Å². The SMILES string of the molecule is COC(=O)c1cc(C=O)c(N(C)C=O)cc1OC. The standard InChI is InChI=1S/C12H13NO5/c1-13(7-15)10-5-11(17-2)9(12(16)18-3)4-8(10)6-14/h4-7H,1-3H3. The molecule has 0 aliphatic rings. The molecule has 0 spiro atoms. The van der Waals surface area contributed by atoms with E-state index in [1.807, 2.05) is 0 Å². The fraction of sp³-hybridized carbons (Fsp3) is 0.250. The second kappa shape index (κ2) is 5.81. The first-order valence-corrected chi connectivity index (χ1v) is 5.02. The van der Waals surface area contributed by atoms with Crippen LogP contribution in [0.4, 0.5) is 5.69 Å².